The lowest BCUT2D eigenvalue weighted by Gasteiger charge is -2.21. The fourth-order valence-corrected chi connectivity index (χ4v) is 1.97. The van der Waals surface area contributed by atoms with Crippen LogP contribution in [0.1, 0.15) is 52.0 Å². The van der Waals surface area contributed by atoms with Crippen LogP contribution < -0.4 is 10.6 Å². The third-order valence-corrected chi connectivity index (χ3v) is 3.58. The molecule has 1 rings (SSSR count). The van der Waals surface area contributed by atoms with E-state index in [-0.39, 0.29) is 18.1 Å². The van der Waals surface area contributed by atoms with Gasteiger partial charge in [-0.25, -0.2) is 4.79 Å². The summed E-state index contributed by atoms with van der Waals surface area (Å²) in [7, 11) is 0. The van der Waals surface area contributed by atoms with Crippen molar-refractivity contribution >= 4 is 11.7 Å². The number of aliphatic hydroxyl groups excluding tert-OH is 1. The average molecular weight is 292 g/mol. The van der Waals surface area contributed by atoms with E-state index >= 15 is 0 Å². The summed E-state index contributed by atoms with van der Waals surface area (Å²) in [6.07, 6.45) is 1.74. The quantitative estimate of drug-likeness (QED) is 0.671. The monoisotopic (exact) mass is 292 g/mol. The van der Waals surface area contributed by atoms with Gasteiger partial charge in [0.05, 0.1) is 0 Å². The highest BCUT2D eigenvalue weighted by Crippen LogP contribution is 2.20. The first-order chi connectivity index (χ1) is 9.84. The number of rotatable bonds is 7. The Morgan fingerprint density at radius 2 is 1.86 bits per heavy atom. The van der Waals surface area contributed by atoms with Crippen LogP contribution in [0, 0.1) is 5.41 Å². The van der Waals surface area contributed by atoms with Gasteiger partial charge in [-0.15, -0.1) is 0 Å². The van der Waals surface area contributed by atoms with Crippen LogP contribution in [0.3, 0.4) is 0 Å². The summed E-state index contributed by atoms with van der Waals surface area (Å²) in [6, 6.07) is 7.72. The zero-order valence-electron chi connectivity index (χ0n) is 13.6. The van der Waals surface area contributed by atoms with Crippen molar-refractivity contribution in [1.82, 2.24) is 5.32 Å². The highest BCUT2D eigenvalue weighted by atomic mass is 16.3. The van der Waals surface area contributed by atoms with Crippen molar-refractivity contribution in [2.75, 3.05) is 18.5 Å². The Hall–Kier alpha value is -1.55. The lowest BCUT2D eigenvalue weighted by atomic mass is 9.89. The normalized spacial score (nSPS) is 11.5. The molecule has 4 heteroatoms. The molecule has 0 aliphatic rings. The Morgan fingerprint density at radius 3 is 2.38 bits per heavy atom. The summed E-state index contributed by atoms with van der Waals surface area (Å²) in [5, 5.41) is 14.8. The molecule has 0 aromatic heterocycles. The largest absolute Gasteiger partial charge is 0.396 e. The summed E-state index contributed by atoms with van der Waals surface area (Å²) in [5.41, 5.74) is 1.98. The number of carbonyl (C=O) groups is 1. The molecule has 0 saturated carbocycles. The van der Waals surface area contributed by atoms with Crippen molar-refractivity contribution in [3.05, 3.63) is 29.8 Å². The Balaban J connectivity index is 2.30. The Morgan fingerprint density at radius 1 is 1.24 bits per heavy atom. The molecular weight excluding hydrogens is 264 g/mol. The van der Waals surface area contributed by atoms with Crippen LogP contribution in [0.15, 0.2) is 24.3 Å². The summed E-state index contributed by atoms with van der Waals surface area (Å²) in [4.78, 5) is 11.8. The Bertz CT molecular complexity index is 439. The molecule has 4 nitrogen and oxygen atoms in total. The molecule has 1 aromatic rings. The molecule has 0 aliphatic heterocycles. The minimum absolute atomic E-state index is 0.0785. The maximum atomic E-state index is 11.8. The highest BCUT2D eigenvalue weighted by molar-refractivity contribution is 5.89. The second kappa shape index (κ2) is 8.03. The van der Waals surface area contributed by atoms with Crippen molar-refractivity contribution in [1.29, 1.82) is 0 Å². The van der Waals surface area contributed by atoms with E-state index in [1.54, 1.807) is 0 Å². The van der Waals surface area contributed by atoms with E-state index in [4.69, 9.17) is 5.11 Å². The maximum Gasteiger partial charge on any atom is 0.319 e. The zero-order valence-corrected chi connectivity index (χ0v) is 13.6. The van der Waals surface area contributed by atoms with Crippen molar-refractivity contribution in [3.63, 3.8) is 0 Å². The fourth-order valence-electron chi connectivity index (χ4n) is 1.97. The first kappa shape index (κ1) is 17.5. The van der Waals surface area contributed by atoms with E-state index in [0.29, 0.717) is 12.5 Å². The van der Waals surface area contributed by atoms with Crippen molar-refractivity contribution < 1.29 is 9.90 Å². The molecule has 0 atom stereocenters. The third kappa shape index (κ3) is 6.63. The topological polar surface area (TPSA) is 61.4 Å². The molecule has 0 heterocycles. The van der Waals surface area contributed by atoms with E-state index < -0.39 is 0 Å². The summed E-state index contributed by atoms with van der Waals surface area (Å²) < 4.78 is 0. The van der Waals surface area contributed by atoms with Crippen molar-refractivity contribution in [3.8, 4) is 0 Å². The summed E-state index contributed by atoms with van der Waals surface area (Å²) in [6.45, 7) is 9.10. The molecule has 0 saturated heterocycles. The van der Waals surface area contributed by atoms with Crippen LogP contribution in [0.25, 0.3) is 0 Å². The highest BCUT2D eigenvalue weighted by Gasteiger charge is 2.15. The van der Waals surface area contributed by atoms with Gasteiger partial charge in [0, 0.05) is 18.8 Å². The van der Waals surface area contributed by atoms with Crippen LogP contribution in [-0.2, 0) is 0 Å². The molecule has 0 fully saturated rings. The number of anilines is 1. The molecule has 0 bridgehead atoms. The van der Waals surface area contributed by atoms with Gasteiger partial charge in [0.2, 0.25) is 0 Å². The van der Waals surface area contributed by atoms with Gasteiger partial charge in [0.25, 0.3) is 0 Å². The molecule has 2 amide bonds. The fraction of sp³-hybridized carbons (Fsp3) is 0.588. The minimum atomic E-state index is -0.186. The third-order valence-electron chi connectivity index (χ3n) is 3.58. The number of nitrogens with one attached hydrogen (secondary N) is 2. The van der Waals surface area contributed by atoms with E-state index in [1.807, 2.05) is 38.1 Å². The molecule has 0 unspecified atom stereocenters. The standard InChI is InChI=1S/C17H28N2O2/c1-13(2)14-6-8-15(9-7-14)19-16(21)18-11-5-10-17(3,4)12-20/h6-9,13,20H,5,10-12H2,1-4H3,(H2,18,19,21). The number of amides is 2. The number of hydrogen-bond donors (Lipinski definition) is 3. The van der Waals surface area contributed by atoms with Crippen LogP contribution in [0.2, 0.25) is 0 Å². The number of benzene rings is 1. The van der Waals surface area contributed by atoms with E-state index in [2.05, 4.69) is 24.5 Å². The van der Waals surface area contributed by atoms with Gasteiger partial charge < -0.3 is 15.7 Å². The lowest BCUT2D eigenvalue weighted by molar-refractivity contribution is 0.148. The molecule has 0 aliphatic carbocycles. The second-order valence-corrected chi connectivity index (χ2v) is 6.58. The molecule has 0 radical (unpaired) electrons. The van der Waals surface area contributed by atoms with E-state index in [1.165, 1.54) is 5.56 Å². The van der Waals surface area contributed by atoms with Gasteiger partial charge in [-0.2, -0.15) is 0 Å². The van der Waals surface area contributed by atoms with Crippen LogP contribution in [-0.4, -0.2) is 24.3 Å². The Kier molecular flexibility index (Phi) is 6.69. The number of carbonyl (C=O) groups excluding carboxylic acids is 1. The first-order valence-corrected chi connectivity index (χ1v) is 7.60. The van der Waals surface area contributed by atoms with Gasteiger partial charge in [-0.3, -0.25) is 0 Å². The minimum Gasteiger partial charge on any atom is -0.396 e. The van der Waals surface area contributed by atoms with Crippen molar-refractivity contribution in [2.45, 2.75) is 46.5 Å². The molecular formula is C17H28N2O2. The van der Waals surface area contributed by atoms with Gasteiger partial charge in [0.1, 0.15) is 0 Å². The van der Waals surface area contributed by atoms with Gasteiger partial charge in [0.15, 0.2) is 0 Å². The van der Waals surface area contributed by atoms with Gasteiger partial charge in [-0.05, 0) is 41.9 Å². The van der Waals surface area contributed by atoms with Crippen molar-refractivity contribution in [2.24, 2.45) is 5.41 Å². The molecule has 3 N–H and O–H groups in total. The lowest BCUT2D eigenvalue weighted by Crippen LogP contribution is -2.30. The smallest absolute Gasteiger partial charge is 0.319 e. The van der Waals surface area contributed by atoms with E-state index in [0.717, 1.165) is 18.5 Å². The van der Waals surface area contributed by atoms with Gasteiger partial charge >= 0.3 is 6.03 Å². The van der Waals surface area contributed by atoms with Crippen LogP contribution in [0.4, 0.5) is 10.5 Å². The second-order valence-electron chi connectivity index (χ2n) is 6.58. The molecule has 21 heavy (non-hydrogen) atoms. The number of aliphatic hydroxyl groups is 1. The zero-order chi connectivity index (χ0) is 15.9. The maximum absolute atomic E-state index is 11.8. The van der Waals surface area contributed by atoms with E-state index in [9.17, 15) is 4.79 Å². The predicted molar refractivity (Wildman–Crippen MR) is 87.7 cm³/mol. The summed E-state index contributed by atoms with van der Waals surface area (Å²) in [5.74, 6) is 0.489. The Labute approximate surface area is 128 Å². The predicted octanol–water partition coefficient (Wildman–Crippen LogP) is 3.73. The number of urea groups is 1. The van der Waals surface area contributed by atoms with Crippen LogP contribution in [0.5, 0.6) is 0 Å². The molecule has 1 aromatic carbocycles. The van der Waals surface area contributed by atoms with Gasteiger partial charge in [-0.1, -0.05) is 39.8 Å². The summed E-state index contributed by atoms with van der Waals surface area (Å²) >= 11 is 0. The first-order valence-electron chi connectivity index (χ1n) is 7.60. The average Bonchev–Trinajstić information content (AvgIpc) is 2.44. The van der Waals surface area contributed by atoms with Crippen LogP contribution >= 0.6 is 0 Å². The molecule has 0 spiro atoms. The number of hydrogen-bond acceptors (Lipinski definition) is 2. The SMILES string of the molecule is CC(C)c1ccc(NC(=O)NCCCC(C)(C)CO)cc1. The molecule has 118 valence electrons.